The maximum atomic E-state index is 13.4. The van der Waals surface area contributed by atoms with Crippen molar-refractivity contribution in [2.24, 2.45) is 0 Å². The van der Waals surface area contributed by atoms with Crippen molar-refractivity contribution in [1.82, 2.24) is 0 Å². The number of halogens is 15. The van der Waals surface area contributed by atoms with Crippen molar-refractivity contribution < 1.29 is 102 Å². The number of benzene rings is 8. The monoisotopic (exact) mass is 1870 g/mol. The Bertz CT molecular complexity index is 6480. The molecule has 0 aliphatic heterocycles. The Hall–Kier alpha value is -14.1. The Morgan fingerprint density at radius 1 is 0.175 bits per heavy atom. The normalized spacial score (nSPS) is 12.0. The van der Waals surface area contributed by atoms with Crippen molar-refractivity contribution in [2.45, 2.75) is 170 Å². The minimum absolute atomic E-state index is 0.168. The van der Waals surface area contributed by atoms with Gasteiger partial charge in [-0.2, -0.15) is 65.9 Å². The molecule has 137 heavy (non-hydrogen) atoms. The van der Waals surface area contributed by atoms with Crippen molar-refractivity contribution in [3.05, 3.63) is 477 Å². The van der Waals surface area contributed by atoms with Gasteiger partial charge in [0.25, 0.3) is 0 Å². The first-order valence-electron chi connectivity index (χ1n) is 44.8. The maximum Gasteiger partial charge on any atom is 0.416 e. The average molecular weight is 1880 g/mol. The van der Waals surface area contributed by atoms with Gasteiger partial charge in [-0.3, -0.25) is 0 Å². The smallest absolute Gasteiger partial charge is 0.201 e. The van der Waals surface area contributed by atoms with Crippen molar-refractivity contribution in [3.63, 3.8) is 0 Å². The summed E-state index contributed by atoms with van der Waals surface area (Å²) in [6.07, 6.45) is 8.26. The summed E-state index contributed by atoms with van der Waals surface area (Å²) in [5, 5.41) is 0. The molecule has 702 valence electrons. The van der Waals surface area contributed by atoms with Gasteiger partial charge in [0.05, 0.1) is 27.8 Å². The van der Waals surface area contributed by atoms with Crippen LogP contribution in [0.2, 0.25) is 0 Å². The fourth-order valence-corrected chi connectivity index (χ4v) is 15.8. The molecule has 16 rings (SSSR count). The summed E-state index contributed by atoms with van der Waals surface area (Å²) in [4.78, 5) is 0. The van der Waals surface area contributed by atoms with Crippen LogP contribution in [0.4, 0.5) is 65.9 Å². The van der Waals surface area contributed by atoms with E-state index < -0.39 is 58.7 Å². The van der Waals surface area contributed by atoms with Gasteiger partial charge in [0.2, 0.25) is 0 Å². The zero-order chi connectivity index (χ0) is 98.4. The molecule has 0 amide bonds. The molecule has 0 N–H and O–H groups in total. The highest BCUT2D eigenvalue weighted by Crippen LogP contribution is 2.39. The number of rotatable bonds is 20. The van der Waals surface area contributed by atoms with Gasteiger partial charge >= 0.3 is 30.9 Å². The lowest BCUT2D eigenvalue weighted by Gasteiger charge is -2.18. The number of aromatic nitrogens is 8. The summed E-state index contributed by atoms with van der Waals surface area (Å²) in [6.45, 7) is 27.3. The lowest BCUT2D eigenvalue weighted by molar-refractivity contribution is -0.688. The molecule has 0 fully saturated rings. The molecule has 8 aromatic heterocycles. The van der Waals surface area contributed by atoms with Crippen LogP contribution in [-0.2, 0) is 94.1 Å². The minimum atomic E-state index is -4.90. The minimum Gasteiger partial charge on any atom is -0.201 e. The first kappa shape index (κ1) is 100. The molecule has 0 bridgehead atoms. The summed E-state index contributed by atoms with van der Waals surface area (Å²) in [5.41, 5.74) is 18.5. The third-order valence-electron chi connectivity index (χ3n) is 23.6. The van der Waals surface area contributed by atoms with Gasteiger partial charge in [-0.05, 0) is 167 Å². The van der Waals surface area contributed by atoms with Crippen LogP contribution in [0.1, 0.15) is 153 Å². The van der Waals surface area contributed by atoms with E-state index in [-0.39, 0.29) is 29.0 Å². The molecule has 0 saturated carbocycles. The zero-order valence-electron chi connectivity index (χ0n) is 78.0. The number of aryl methyl sites for hydroxylation is 5. The predicted molar refractivity (Wildman–Crippen MR) is 500 cm³/mol. The van der Waals surface area contributed by atoms with Crippen LogP contribution >= 0.6 is 0 Å². The van der Waals surface area contributed by atoms with E-state index in [0.29, 0.717) is 48.0 Å². The summed E-state index contributed by atoms with van der Waals surface area (Å²) < 4.78 is 212. The van der Waals surface area contributed by atoms with Crippen LogP contribution in [0.25, 0.3) is 44.5 Å². The number of hydrogen-bond acceptors (Lipinski definition) is 0. The number of nitrogens with zero attached hydrogens (tertiary/aromatic N) is 8. The lowest BCUT2D eigenvalue weighted by atomic mass is 9.87. The number of alkyl halides is 15. The standard InChI is InChI=1S/C32H38N2.2C28H24F6N2.C26H23F3N2/c1-31(2,3)29-11-7-25(8-12-29)23-33-19-15-27(16-20-33)28-17-21-34(22-18-28)24-26-9-13-30(14-10-26)32(4,5)6;1-19-11-21(15-25(13-19)27(29,30)31)17-35-7-3-23(4-8-35)24-5-9-36(10-6-24)18-22-12-20(2)14-26(16-22)28(32,33)34;1-19-3-4-23(20(2)15-19)17-35-11-7-21(8-12-35)22-9-13-36(14-10-22)18-24-5-6-25(27(29,30)31)16-26(24)28(32,33)34;1-20-2-4-21(5-3-20)18-30-14-10-23(11-15-30)24-12-16-31(17-13-24)19-22-6-8-25(9-7-22)26(27,28)29/h7-22H,23-24H2,1-6H3;2*3-16H,17-18H2,1-2H3;2-17H,18-19H2,1H3/q4*+2. The van der Waals surface area contributed by atoms with Gasteiger partial charge in [-0.15, -0.1) is 0 Å². The Morgan fingerprint density at radius 2 is 0.401 bits per heavy atom. The van der Waals surface area contributed by atoms with E-state index in [1.54, 1.807) is 84.4 Å². The second-order valence-corrected chi connectivity index (χ2v) is 36.9. The molecule has 23 heteroatoms. The van der Waals surface area contributed by atoms with E-state index in [1.807, 2.05) is 77.9 Å². The molecule has 0 saturated heterocycles. The van der Waals surface area contributed by atoms with Crippen molar-refractivity contribution in [1.29, 1.82) is 0 Å². The fourth-order valence-electron chi connectivity index (χ4n) is 15.8. The summed E-state index contributed by atoms with van der Waals surface area (Å²) in [5.74, 6) is 0. The second-order valence-electron chi connectivity index (χ2n) is 36.9. The highest BCUT2D eigenvalue weighted by molar-refractivity contribution is 5.64. The predicted octanol–water partition coefficient (Wildman–Crippen LogP) is 25.3. The summed E-state index contributed by atoms with van der Waals surface area (Å²) >= 11 is 0. The second kappa shape index (κ2) is 42.9. The van der Waals surface area contributed by atoms with Gasteiger partial charge in [-0.1, -0.05) is 173 Å². The largest absolute Gasteiger partial charge is 0.416 e. The molecular weight excluding hydrogens is 1770 g/mol. The summed E-state index contributed by atoms with van der Waals surface area (Å²) in [6, 6.07) is 79.9. The van der Waals surface area contributed by atoms with Crippen LogP contribution in [0.15, 0.2) is 366 Å². The quantitative estimate of drug-likeness (QED) is 0.0538. The van der Waals surface area contributed by atoms with Crippen molar-refractivity contribution >= 4 is 0 Å². The molecule has 0 radical (unpaired) electrons. The van der Waals surface area contributed by atoms with E-state index in [9.17, 15) is 65.9 Å². The Morgan fingerprint density at radius 3 is 0.657 bits per heavy atom. The Kier molecular flexibility index (Phi) is 31.4. The molecule has 0 spiro atoms. The van der Waals surface area contributed by atoms with Crippen LogP contribution in [0.3, 0.4) is 0 Å². The van der Waals surface area contributed by atoms with Crippen molar-refractivity contribution in [2.75, 3.05) is 0 Å². The van der Waals surface area contributed by atoms with E-state index >= 15 is 0 Å². The molecular formula is C114H109F15N8+8. The van der Waals surface area contributed by atoms with Gasteiger partial charge in [0.1, 0.15) is 0 Å². The van der Waals surface area contributed by atoms with Crippen LogP contribution in [-0.4, -0.2) is 0 Å². The van der Waals surface area contributed by atoms with E-state index in [1.165, 1.54) is 77.9 Å². The van der Waals surface area contributed by atoms with E-state index in [0.717, 1.165) is 108 Å². The molecule has 0 atom stereocenters. The fraction of sp³-hybridized carbons (Fsp3) is 0.228. The average Bonchev–Trinajstić information content (AvgIpc) is 0.788. The van der Waals surface area contributed by atoms with Crippen molar-refractivity contribution in [3.8, 4) is 44.5 Å². The van der Waals surface area contributed by atoms with E-state index in [4.69, 9.17) is 0 Å². The number of hydrogen-bond donors (Lipinski definition) is 0. The third-order valence-corrected chi connectivity index (χ3v) is 23.6. The highest BCUT2D eigenvalue weighted by atomic mass is 19.4. The first-order chi connectivity index (χ1) is 64.7. The summed E-state index contributed by atoms with van der Waals surface area (Å²) in [7, 11) is 0. The molecule has 0 aliphatic carbocycles. The lowest BCUT2D eigenvalue weighted by Crippen LogP contribution is -2.34. The van der Waals surface area contributed by atoms with Gasteiger partial charge in [-0.25, -0.2) is 36.5 Å². The SMILES string of the molecule is CC(C)(C)c1ccc(C[n+]2ccc(-c3cc[n+](Cc4ccc(C(C)(C)C)cc4)cc3)cc2)cc1.Cc1cc(C[n+]2ccc(-c3cc[n+](Cc4cc(C)cc(C(F)(F)F)c4)cc3)cc2)cc(C(F)(F)F)c1.Cc1ccc(C[n+]2ccc(-c3cc[n+](Cc4ccc(C(F)(F)F)cc4)cc3)cc2)cc1.Cc1ccc(C[n+]2ccc(-c3cc[n+](Cc4ccc(C(F)(F)F)cc4C(F)(F)F)cc3)cc2)c(C)c1. The molecule has 0 aliphatic rings. The maximum absolute atomic E-state index is 13.4. The molecule has 8 nitrogen and oxygen atoms in total. The van der Waals surface area contributed by atoms with Gasteiger partial charge in [0, 0.05) is 142 Å². The Labute approximate surface area is 790 Å². The van der Waals surface area contributed by atoms with Crippen LogP contribution < -0.4 is 36.5 Å². The third kappa shape index (κ3) is 29.0. The van der Waals surface area contributed by atoms with Crippen LogP contribution in [0.5, 0.6) is 0 Å². The first-order valence-corrected chi connectivity index (χ1v) is 44.8. The van der Waals surface area contributed by atoms with Crippen LogP contribution in [0, 0.1) is 34.6 Å². The van der Waals surface area contributed by atoms with Gasteiger partial charge in [0.15, 0.2) is 152 Å². The molecule has 8 aromatic carbocycles. The topological polar surface area (TPSA) is 31.0 Å². The van der Waals surface area contributed by atoms with Gasteiger partial charge < -0.3 is 0 Å². The number of pyridine rings is 8. The molecule has 0 unspecified atom stereocenters. The van der Waals surface area contributed by atoms with E-state index in [2.05, 4.69) is 245 Å². The molecule has 16 aromatic rings. The zero-order valence-corrected chi connectivity index (χ0v) is 78.0. The molecule has 8 heterocycles. The Balaban J connectivity index is 0.000000155. The highest BCUT2D eigenvalue weighted by Gasteiger charge is 2.40.